The van der Waals surface area contributed by atoms with E-state index < -0.39 is 12.0 Å². The number of carbonyl (C=O) groups excluding carboxylic acids is 2. The number of hydrogen-bond acceptors (Lipinski definition) is 6. The number of urea groups is 1. The van der Waals surface area contributed by atoms with Gasteiger partial charge in [0.1, 0.15) is 17.6 Å². The number of aromatic nitrogens is 2. The molecule has 2 aliphatic rings. The summed E-state index contributed by atoms with van der Waals surface area (Å²) in [6.45, 7) is 3.27. The van der Waals surface area contributed by atoms with Gasteiger partial charge in [-0.25, -0.2) is 14.6 Å². The Morgan fingerprint density at radius 3 is 3.00 bits per heavy atom. The summed E-state index contributed by atoms with van der Waals surface area (Å²) in [5, 5.41) is 5.60. The van der Waals surface area contributed by atoms with Crippen molar-refractivity contribution in [2.45, 2.75) is 31.8 Å². The third-order valence-corrected chi connectivity index (χ3v) is 5.36. The van der Waals surface area contributed by atoms with E-state index >= 15 is 0 Å². The Bertz CT molecular complexity index is 917. The highest BCUT2D eigenvalue weighted by Crippen LogP contribution is 2.34. The minimum Gasteiger partial charge on any atom is -0.467 e. The number of amides is 2. The molecule has 0 radical (unpaired) electrons. The third kappa shape index (κ3) is 3.77. The number of esters is 1. The number of nitrogens with zero attached hydrogens (tertiary/aromatic N) is 3. The fraction of sp³-hybridized carbons (Fsp3) is 0.450. The van der Waals surface area contributed by atoms with Gasteiger partial charge >= 0.3 is 12.0 Å². The Morgan fingerprint density at radius 1 is 1.45 bits per heavy atom. The molecule has 2 aromatic rings. The van der Waals surface area contributed by atoms with E-state index in [0.717, 1.165) is 25.2 Å². The third-order valence-electron chi connectivity index (χ3n) is 5.36. The van der Waals surface area contributed by atoms with Crippen LogP contribution < -0.4 is 10.6 Å². The summed E-state index contributed by atoms with van der Waals surface area (Å²) in [6, 6.07) is 2.52. The first-order chi connectivity index (χ1) is 14.1. The number of ether oxygens (including phenoxy) is 1. The number of imidazole rings is 1. The molecule has 2 aliphatic heterocycles. The zero-order chi connectivity index (χ0) is 20.4. The molecule has 4 rings (SSSR count). The average molecular weight is 399 g/mol. The molecule has 2 atom stereocenters. The Balaban J connectivity index is 1.69. The minimum atomic E-state index is -0.693. The van der Waals surface area contributed by atoms with Gasteiger partial charge in [0.05, 0.1) is 24.5 Å². The molecule has 0 aliphatic carbocycles. The highest BCUT2D eigenvalue weighted by Gasteiger charge is 2.37. The number of nitrogens with one attached hydrogen (secondary N) is 2. The number of likely N-dealkylation sites (tertiary alicyclic amines) is 1. The first kappa shape index (κ1) is 19.3. The van der Waals surface area contributed by atoms with Gasteiger partial charge < -0.3 is 24.4 Å². The van der Waals surface area contributed by atoms with Crippen LogP contribution in [0.15, 0.2) is 46.5 Å². The van der Waals surface area contributed by atoms with Crippen LogP contribution >= 0.6 is 0 Å². The average Bonchev–Trinajstić information content (AvgIpc) is 3.43. The van der Waals surface area contributed by atoms with Gasteiger partial charge in [-0.05, 0) is 38.4 Å². The summed E-state index contributed by atoms with van der Waals surface area (Å²) < 4.78 is 12.8. The van der Waals surface area contributed by atoms with Crippen LogP contribution in [0.2, 0.25) is 0 Å². The summed E-state index contributed by atoms with van der Waals surface area (Å²) in [5.74, 6) is 0.996. The molecule has 9 nitrogen and oxygen atoms in total. The number of furan rings is 1. The van der Waals surface area contributed by atoms with Crippen LogP contribution in [0.4, 0.5) is 4.79 Å². The number of hydrogen-bond donors (Lipinski definition) is 2. The molecule has 29 heavy (non-hydrogen) atoms. The van der Waals surface area contributed by atoms with Crippen LogP contribution in [-0.4, -0.2) is 46.1 Å². The molecule has 9 heteroatoms. The lowest BCUT2D eigenvalue weighted by Gasteiger charge is -2.31. The summed E-state index contributed by atoms with van der Waals surface area (Å²) in [4.78, 5) is 31.9. The predicted molar refractivity (Wildman–Crippen MR) is 104 cm³/mol. The predicted octanol–water partition coefficient (Wildman–Crippen LogP) is 2.02. The van der Waals surface area contributed by atoms with Gasteiger partial charge in [0.2, 0.25) is 0 Å². The molecular weight excluding hydrogens is 374 g/mol. The summed E-state index contributed by atoms with van der Waals surface area (Å²) >= 11 is 0. The van der Waals surface area contributed by atoms with Crippen molar-refractivity contribution >= 4 is 12.0 Å². The molecule has 154 valence electrons. The Morgan fingerprint density at radius 2 is 2.31 bits per heavy atom. The molecule has 2 N–H and O–H groups in total. The molecule has 4 heterocycles. The zero-order valence-corrected chi connectivity index (χ0v) is 16.6. The maximum Gasteiger partial charge on any atom is 0.338 e. The van der Waals surface area contributed by atoms with Gasteiger partial charge in [-0.15, -0.1) is 0 Å². The van der Waals surface area contributed by atoms with Crippen LogP contribution in [-0.2, 0) is 16.6 Å². The minimum absolute atomic E-state index is 0.125. The first-order valence-electron chi connectivity index (χ1n) is 9.80. The summed E-state index contributed by atoms with van der Waals surface area (Å²) in [6.07, 6.45) is 7.22. The lowest BCUT2D eigenvalue weighted by atomic mass is 9.99. The van der Waals surface area contributed by atoms with E-state index in [-0.39, 0.29) is 18.7 Å². The molecule has 2 amide bonds. The van der Waals surface area contributed by atoms with Gasteiger partial charge in [-0.1, -0.05) is 0 Å². The highest BCUT2D eigenvalue weighted by atomic mass is 16.5. The lowest BCUT2D eigenvalue weighted by Crippen LogP contribution is -2.48. The van der Waals surface area contributed by atoms with Crippen molar-refractivity contribution in [3.05, 3.63) is 53.6 Å². The first-order valence-corrected chi connectivity index (χ1v) is 9.80. The quantitative estimate of drug-likeness (QED) is 0.721. The maximum absolute atomic E-state index is 12.8. The maximum atomic E-state index is 12.8. The Labute approximate surface area is 168 Å². The van der Waals surface area contributed by atoms with Gasteiger partial charge in [0, 0.05) is 31.7 Å². The molecule has 0 spiro atoms. The molecular formula is C20H25N5O4. The number of rotatable bonds is 6. The van der Waals surface area contributed by atoms with E-state index in [4.69, 9.17) is 9.15 Å². The van der Waals surface area contributed by atoms with Crippen LogP contribution in [0.25, 0.3) is 0 Å². The fourth-order valence-electron chi connectivity index (χ4n) is 4.07. The Kier molecular flexibility index (Phi) is 5.39. The van der Waals surface area contributed by atoms with Crippen molar-refractivity contribution < 1.29 is 18.7 Å². The van der Waals surface area contributed by atoms with Gasteiger partial charge in [0.25, 0.3) is 0 Å². The van der Waals surface area contributed by atoms with E-state index in [0.29, 0.717) is 23.6 Å². The normalized spacial score (nSPS) is 22.5. The largest absolute Gasteiger partial charge is 0.467 e. The van der Waals surface area contributed by atoms with Gasteiger partial charge in [0.15, 0.2) is 0 Å². The van der Waals surface area contributed by atoms with Crippen LogP contribution in [0.5, 0.6) is 0 Å². The monoisotopic (exact) mass is 399 g/mol. The standard InChI is InChI=1S/C20H25N5O4/c1-3-28-19(26)16-13(22-20(27)23-17(16)15-7-5-11-29-15)12-25-9-4-6-14(25)18-21-8-10-24(18)2/h5,7-8,10-11,14,17H,3-4,6,9,12H2,1-2H3,(H2,22,23,27)/t14-,17-/m1/s1. The van der Waals surface area contributed by atoms with E-state index in [1.165, 1.54) is 6.26 Å². The Hall–Kier alpha value is -3.07. The number of aryl methyl sites for hydroxylation is 1. The van der Waals surface area contributed by atoms with Crippen molar-refractivity contribution in [1.82, 2.24) is 25.1 Å². The van der Waals surface area contributed by atoms with Crippen molar-refractivity contribution in [3.8, 4) is 0 Å². The van der Waals surface area contributed by atoms with E-state index in [1.54, 1.807) is 25.3 Å². The second kappa shape index (κ2) is 8.12. The van der Waals surface area contributed by atoms with Crippen molar-refractivity contribution in [3.63, 3.8) is 0 Å². The second-order valence-electron chi connectivity index (χ2n) is 7.18. The van der Waals surface area contributed by atoms with E-state index in [2.05, 4.69) is 20.5 Å². The van der Waals surface area contributed by atoms with Crippen molar-refractivity contribution in [1.29, 1.82) is 0 Å². The smallest absolute Gasteiger partial charge is 0.338 e. The molecule has 0 unspecified atom stereocenters. The SMILES string of the molecule is CCOC(=O)C1=C(CN2CCC[C@@H]2c2nccn2C)NC(=O)N[C@@H]1c1ccco1. The van der Waals surface area contributed by atoms with Crippen LogP contribution in [0, 0.1) is 0 Å². The molecule has 1 fully saturated rings. The second-order valence-corrected chi connectivity index (χ2v) is 7.18. The van der Waals surface area contributed by atoms with E-state index in [1.807, 2.05) is 17.8 Å². The van der Waals surface area contributed by atoms with Gasteiger partial charge in [-0.3, -0.25) is 4.90 Å². The topological polar surface area (TPSA) is 102 Å². The van der Waals surface area contributed by atoms with Gasteiger partial charge in [-0.2, -0.15) is 0 Å². The van der Waals surface area contributed by atoms with Crippen LogP contribution in [0.1, 0.15) is 43.4 Å². The lowest BCUT2D eigenvalue weighted by molar-refractivity contribution is -0.139. The number of carbonyl (C=O) groups is 2. The molecule has 0 saturated carbocycles. The van der Waals surface area contributed by atoms with E-state index in [9.17, 15) is 9.59 Å². The molecule has 1 saturated heterocycles. The fourth-order valence-corrected chi connectivity index (χ4v) is 4.07. The molecule has 0 bridgehead atoms. The molecule has 0 aromatic carbocycles. The summed E-state index contributed by atoms with van der Waals surface area (Å²) in [7, 11) is 1.97. The van der Waals surface area contributed by atoms with Crippen molar-refractivity contribution in [2.24, 2.45) is 7.05 Å². The molecule has 2 aromatic heterocycles. The van der Waals surface area contributed by atoms with Crippen LogP contribution in [0.3, 0.4) is 0 Å². The summed E-state index contributed by atoms with van der Waals surface area (Å²) in [5.41, 5.74) is 0.904. The highest BCUT2D eigenvalue weighted by molar-refractivity contribution is 5.95. The zero-order valence-electron chi connectivity index (χ0n) is 16.6. The van der Waals surface area contributed by atoms with Crippen molar-refractivity contribution in [2.75, 3.05) is 19.7 Å².